The van der Waals surface area contributed by atoms with Crippen LogP contribution in [0.3, 0.4) is 0 Å². The highest BCUT2D eigenvalue weighted by Crippen LogP contribution is 2.30. The first-order valence-electron chi connectivity index (χ1n) is 9.54. The number of rotatable bonds is 8. The SMILES string of the molecule is O=C(Nc1ncc(OCc2ccccc2)cc1Br)c1ccc(OCC2CC2)cc1. The van der Waals surface area contributed by atoms with Crippen molar-refractivity contribution in [2.24, 2.45) is 5.92 Å². The van der Waals surface area contributed by atoms with Crippen LogP contribution in [0.5, 0.6) is 11.5 Å². The lowest BCUT2D eigenvalue weighted by atomic mass is 10.2. The third-order valence-corrected chi connectivity index (χ3v) is 5.20. The Balaban J connectivity index is 1.33. The minimum atomic E-state index is -0.232. The van der Waals surface area contributed by atoms with Gasteiger partial charge in [-0.1, -0.05) is 30.3 Å². The molecule has 0 spiro atoms. The zero-order chi connectivity index (χ0) is 20.1. The fourth-order valence-electron chi connectivity index (χ4n) is 2.71. The third-order valence-electron chi connectivity index (χ3n) is 4.60. The zero-order valence-corrected chi connectivity index (χ0v) is 17.4. The molecule has 0 aliphatic heterocycles. The molecule has 1 aliphatic rings. The minimum Gasteiger partial charge on any atom is -0.493 e. The molecule has 0 bridgehead atoms. The maximum absolute atomic E-state index is 12.5. The van der Waals surface area contributed by atoms with Gasteiger partial charge in [0.05, 0.1) is 17.3 Å². The molecule has 6 heteroatoms. The largest absolute Gasteiger partial charge is 0.493 e. The Morgan fingerprint density at radius 3 is 2.48 bits per heavy atom. The third kappa shape index (κ3) is 5.57. The summed E-state index contributed by atoms with van der Waals surface area (Å²) in [6, 6.07) is 18.8. The number of halogens is 1. The zero-order valence-electron chi connectivity index (χ0n) is 15.8. The van der Waals surface area contributed by atoms with Crippen LogP contribution in [0.4, 0.5) is 5.82 Å². The highest BCUT2D eigenvalue weighted by atomic mass is 79.9. The van der Waals surface area contributed by atoms with E-state index in [0.29, 0.717) is 34.1 Å². The lowest BCUT2D eigenvalue weighted by Gasteiger charge is -2.10. The summed E-state index contributed by atoms with van der Waals surface area (Å²) in [5, 5.41) is 2.81. The van der Waals surface area contributed by atoms with Crippen LogP contribution >= 0.6 is 15.9 Å². The molecule has 1 heterocycles. The fourth-order valence-corrected chi connectivity index (χ4v) is 3.14. The van der Waals surface area contributed by atoms with Crippen molar-refractivity contribution in [1.29, 1.82) is 0 Å². The molecular weight excluding hydrogens is 432 g/mol. The number of anilines is 1. The van der Waals surface area contributed by atoms with Gasteiger partial charge in [0.1, 0.15) is 23.9 Å². The molecule has 29 heavy (non-hydrogen) atoms. The summed E-state index contributed by atoms with van der Waals surface area (Å²) in [6.45, 7) is 1.21. The number of benzene rings is 2. The van der Waals surface area contributed by atoms with E-state index in [0.717, 1.165) is 17.9 Å². The van der Waals surface area contributed by atoms with Crippen molar-refractivity contribution in [3.8, 4) is 11.5 Å². The number of hydrogen-bond donors (Lipinski definition) is 1. The van der Waals surface area contributed by atoms with Crippen molar-refractivity contribution < 1.29 is 14.3 Å². The second-order valence-electron chi connectivity index (χ2n) is 7.01. The Morgan fingerprint density at radius 1 is 1.03 bits per heavy atom. The summed E-state index contributed by atoms with van der Waals surface area (Å²) in [5.74, 6) is 2.31. The lowest BCUT2D eigenvalue weighted by molar-refractivity contribution is 0.102. The average Bonchev–Trinajstić information content (AvgIpc) is 3.58. The summed E-state index contributed by atoms with van der Waals surface area (Å²) < 4.78 is 12.1. The molecule has 4 rings (SSSR count). The van der Waals surface area contributed by atoms with Crippen LogP contribution in [0.1, 0.15) is 28.8 Å². The molecule has 1 amide bonds. The van der Waals surface area contributed by atoms with Gasteiger partial charge in [0.2, 0.25) is 0 Å². The average molecular weight is 453 g/mol. The van der Waals surface area contributed by atoms with Gasteiger partial charge in [0, 0.05) is 5.56 Å². The molecule has 0 unspecified atom stereocenters. The fraction of sp³-hybridized carbons (Fsp3) is 0.217. The van der Waals surface area contributed by atoms with E-state index in [1.807, 2.05) is 42.5 Å². The molecule has 0 radical (unpaired) electrons. The van der Waals surface area contributed by atoms with Crippen LogP contribution in [0.2, 0.25) is 0 Å². The standard InChI is InChI=1S/C23H21BrN2O3/c24-21-12-20(29-14-16-4-2-1-3-5-16)13-25-22(21)26-23(27)18-8-10-19(11-9-18)28-15-17-6-7-17/h1-5,8-13,17H,6-7,14-15H2,(H,25,26,27). The van der Waals surface area contributed by atoms with Gasteiger partial charge >= 0.3 is 0 Å². The highest BCUT2D eigenvalue weighted by Gasteiger charge is 2.21. The van der Waals surface area contributed by atoms with Gasteiger partial charge in [0.25, 0.3) is 5.91 Å². The van der Waals surface area contributed by atoms with E-state index in [-0.39, 0.29) is 5.91 Å². The molecule has 1 aromatic heterocycles. The van der Waals surface area contributed by atoms with E-state index in [9.17, 15) is 4.79 Å². The smallest absolute Gasteiger partial charge is 0.256 e. The molecule has 1 aliphatic carbocycles. The monoisotopic (exact) mass is 452 g/mol. The van der Waals surface area contributed by atoms with Crippen molar-refractivity contribution in [2.75, 3.05) is 11.9 Å². The number of ether oxygens (including phenoxy) is 2. The number of carbonyl (C=O) groups is 1. The second kappa shape index (κ2) is 9.09. The number of hydrogen-bond acceptors (Lipinski definition) is 4. The topological polar surface area (TPSA) is 60.5 Å². The Morgan fingerprint density at radius 2 is 1.79 bits per heavy atom. The quantitative estimate of drug-likeness (QED) is 0.492. The Kier molecular flexibility index (Phi) is 6.10. The molecule has 0 saturated heterocycles. The summed E-state index contributed by atoms with van der Waals surface area (Å²) in [4.78, 5) is 16.8. The van der Waals surface area contributed by atoms with Gasteiger partial charge in [-0.25, -0.2) is 4.98 Å². The first kappa shape index (κ1) is 19.5. The second-order valence-corrected chi connectivity index (χ2v) is 7.86. The van der Waals surface area contributed by atoms with E-state index >= 15 is 0 Å². The molecule has 148 valence electrons. The highest BCUT2D eigenvalue weighted by molar-refractivity contribution is 9.10. The van der Waals surface area contributed by atoms with Crippen molar-refractivity contribution in [2.45, 2.75) is 19.4 Å². The van der Waals surface area contributed by atoms with Crippen LogP contribution in [0.15, 0.2) is 71.3 Å². The molecule has 0 atom stereocenters. The molecule has 1 fully saturated rings. The van der Waals surface area contributed by atoms with Gasteiger partial charge < -0.3 is 14.8 Å². The van der Waals surface area contributed by atoms with Crippen molar-refractivity contribution in [1.82, 2.24) is 4.98 Å². The first-order valence-corrected chi connectivity index (χ1v) is 10.3. The number of nitrogens with one attached hydrogen (secondary N) is 1. The summed E-state index contributed by atoms with van der Waals surface area (Å²) in [5.41, 5.74) is 1.62. The number of carbonyl (C=O) groups excluding carboxylic acids is 1. The summed E-state index contributed by atoms with van der Waals surface area (Å²) in [7, 11) is 0. The molecule has 1 saturated carbocycles. The minimum absolute atomic E-state index is 0.232. The number of nitrogens with zero attached hydrogens (tertiary/aromatic N) is 1. The van der Waals surface area contributed by atoms with Crippen molar-refractivity contribution in [3.63, 3.8) is 0 Å². The van der Waals surface area contributed by atoms with Gasteiger partial charge in [-0.05, 0) is 70.6 Å². The van der Waals surface area contributed by atoms with Crippen molar-refractivity contribution in [3.05, 3.63) is 82.5 Å². The Hall–Kier alpha value is -2.86. The summed E-state index contributed by atoms with van der Waals surface area (Å²) >= 11 is 3.45. The van der Waals surface area contributed by atoms with Crippen molar-refractivity contribution >= 4 is 27.7 Å². The normalized spacial score (nSPS) is 13.0. The number of amides is 1. The van der Waals surface area contributed by atoms with Gasteiger partial charge in [0.15, 0.2) is 0 Å². The molecule has 1 N–H and O–H groups in total. The molecule has 5 nitrogen and oxygen atoms in total. The van der Waals surface area contributed by atoms with Crippen LogP contribution in [0.25, 0.3) is 0 Å². The number of aromatic nitrogens is 1. The molecule has 2 aromatic carbocycles. The van der Waals surface area contributed by atoms with Crippen LogP contribution in [0, 0.1) is 5.92 Å². The van der Waals surface area contributed by atoms with Crippen LogP contribution in [-0.4, -0.2) is 17.5 Å². The summed E-state index contributed by atoms with van der Waals surface area (Å²) in [6.07, 6.45) is 4.09. The van der Waals surface area contributed by atoms with E-state index in [1.54, 1.807) is 24.4 Å². The van der Waals surface area contributed by atoms with Gasteiger partial charge in [-0.2, -0.15) is 0 Å². The van der Waals surface area contributed by atoms with E-state index in [2.05, 4.69) is 26.2 Å². The number of pyridine rings is 1. The molecular formula is C23H21BrN2O3. The predicted octanol–water partition coefficient (Wildman–Crippen LogP) is 5.46. The predicted molar refractivity (Wildman–Crippen MR) is 115 cm³/mol. The molecule has 3 aromatic rings. The van der Waals surface area contributed by atoms with E-state index < -0.39 is 0 Å². The maximum atomic E-state index is 12.5. The van der Waals surface area contributed by atoms with Crippen LogP contribution < -0.4 is 14.8 Å². The van der Waals surface area contributed by atoms with Crippen LogP contribution in [-0.2, 0) is 6.61 Å². The van der Waals surface area contributed by atoms with Gasteiger partial charge in [-0.3, -0.25) is 4.79 Å². The first-order chi connectivity index (χ1) is 14.2. The van der Waals surface area contributed by atoms with Gasteiger partial charge in [-0.15, -0.1) is 0 Å². The Labute approximate surface area is 178 Å². The maximum Gasteiger partial charge on any atom is 0.256 e. The van der Waals surface area contributed by atoms with E-state index in [4.69, 9.17) is 9.47 Å². The Bertz CT molecular complexity index is 973. The van der Waals surface area contributed by atoms with E-state index in [1.165, 1.54) is 12.8 Å². The lowest BCUT2D eigenvalue weighted by Crippen LogP contribution is -2.13.